The molecule has 0 aliphatic carbocycles. The summed E-state index contributed by atoms with van der Waals surface area (Å²) >= 11 is 5.37. The van der Waals surface area contributed by atoms with Gasteiger partial charge in [-0.1, -0.05) is 22.0 Å². The Hall–Kier alpha value is -3.37. The van der Waals surface area contributed by atoms with Crippen LogP contribution in [0, 0.1) is 0 Å². The number of aliphatic imine (C=N–C) groups is 1. The van der Waals surface area contributed by atoms with E-state index in [2.05, 4.69) is 42.7 Å². The molecule has 8 nitrogen and oxygen atoms in total. The van der Waals surface area contributed by atoms with Crippen LogP contribution in [0.25, 0.3) is 11.0 Å². The Morgan fingerprint density at radius 2 is 2.09 bits per heavy atom. The molecule has 1 fully saturated rings. The van der Waals surface area contributed by atoms with E-state index in [0.717, 1.165) is 33.2 Å². The average Bonchev–Trinajstić information content (AvgIpc) is 3.60. The van der Waals surface area contributed by atoms with Crippen LogP contribution in [0.1, 0.15) is 16.5 Å². The van der Waals surface area contributed by atoms with Crippen molar-refractivity contribution in [1.82, 2.24) is 15.3 Å². The standard InChI is InChI=1S/C23H18BrN5O3S/c24-16-10-20-19(31-12-32-20)9-15(16)21-22(25-6-5-14-2-1-7-33-14)28-23(30)29(21)13-3-4-17-18(8-13)27-11-26-17/h1-4,7-11,21H,5-6,12H2,(H,26,27)(H,25,28,30). The number of hydrogen-bond acceptors (Lipinski definition) is 6. The third-order valence-corrected chi connectivity index (χ3v) is 7.28. The molecule has 2 aliphatic rings. The van der Waals surface area contributed by atoms with Crippen molar-refractivity contribution in [3.63, 3.8) is 0 Å². The van der Waals surface area contributed by atoms with Gasteiger partial charge in [0.05, 0.1) is 17.4 Å². The molecular weight excluding hydrogens is 506 g/mol. The zero-order chi connectivity index (χ0) is 22.4. The van der Waals surface area contributed by atoms with Gasteiger partial charge in [0.15, 0.2) is 11.5 Å². The first-order chi connectivity index (χ1) is 16.2. The van der Waals surface area contributed by atoms with Gasteiger partial charge in [-0.2, -0.15) is 0 Å². The van der Waals surface area contributed by atoms with Crippen LogP contribution in [0.4, 0.5) is 10.5 Å². The van der Waals surface area contributed by atoms with Gasteiger partial charge in [0, 0.05) is 33.6 Å². The minimum absolute atomic E-state index is 0.176. The van der Waals surface area contributed by atoms with Gasteiger partial charge in [0.1, 0.15) is 11.9 Å². The maximum atomic E-state index is 13.2. The van der Waals surface area contributed by atoms with E-state index in [9.17, 15) is 4.79 Å². The Morgan fingerprint density at radius 1 is 1.21 bits per heavy atom. The molecule has 4 aromatic rings. The van der Waals surface area contributed by atoms with Crippen molar-refractivity contribution in [2.45, 2.75) is 12.5 Å². The molecule has 2 aromatic heterocycles. The van der Waals surface area contributed by atoms with Crippen LogP contribution in [0.2, 0.25) is 0 Å². The monoisotopic (exact) mass is 523 g/mol. The fourth-order valence-electron chi connectivity index (χ4n) is 4.11. The van der Waals surface area contributed by atoms with E-state index < -0.39 is 6.04 Å². The van der Waals surface area contributed by atoms with Crippen molar-refractivity contribution in [2.75, 3.05) is 18.2 Å². The number of halogens is 1. The number of benzene rings is 2. The third kappa shape index (κ3) is 3.65. The van der Waals surface area contributed by atoms with Crippen LogP contribution in [-0.4, -0.2) is 35.2 Å². The molecule has 0 radical (unpaired) electrons. The first-order valence-electron chi connectivity index (χ1n) is 10.4. The van der Waals surface area contributed by atoms with Crippen molar-refractivity contribution in [3.05, 3.63) is 69.1 Å². The van der Waals surface area contributed by atoms with Gasteiger partial charge >= 0.3 is 6.03 Å². The lowest BCUT2D eigenvalue weighted by Crippen LogP contribution is -2.29. The lowest BCUT2D eigenvalue weighted by molar-refractivity contribution is 0.174. The number of aromatic amines is 1. The van der Waals surface area contributed by atoms with Crippen LogP contribution in [0.5, 0.6) is 11.5 Å². The van der Waals surface area contributed by atoms with Gasteiger partial charge in [-0.25, -0.2) is 9.78 Å². The summed E-state index contributed by atoms with van der Waals surface area (Å²) < 4.78 is 11.9. The molecule has 2 amide bonds. The lowest BCUT2D eigenvalue weighted by atomic mass is 10.0. The topological polar surface area (TPSA) is 91.8 Å². The fourth-order valence-corrected chi connectivity index (χ4v) is 5.35. The quantitative estimate of drug-likeness (QED) is 0.383. The Labute approximate surface area is 201 Å². The summed E-state index contributed by atoms with van der Waals surface area (Å²) in [5.74, 6) is 1.92. The molecule has 2 aromatic carbocycles. The summed E-state index contributed by atoms with van der Waals surface area (Å²) in [7, 11) is 0. The number of ether oxygens (including phenoxy) is 2. The molecule has 1 atom stereocenters. The molecule has 166 valence electrons. The largest absolute Gasteiger partial charge is 0.454 e. The van der Waals surface area contributed by atoms with E-state index in [1.807, 2.05) is 36.4 Å². The lowest BCUT2D eigenvalue weighted by Gasteiger charge is -2.24. The minimum atomic E-state index is -0.454. The predicted octanol–water partition coefficient (Wildman–Crippen LogP) is 5.03. The Bertz CT molecular complexity index is 1380. The second-order valence-electron chi connectivity index (χ2n) is 7.63. The molecule has 2 N–H and O–H groups in total. The number of urea groups is 1. The van der Waals surface area contributed by atoms with E-state index in [0.29, 0.717) is 23.9 Å². The van der Waals surface area contributed by atoms with Crippen molar-refractivity contribution >= 4 is 55.9 Å². The summed E-state index contributed by atoms with van der Waals surface area (Å²) in [4.78, 5) is 28.4. The Kier molecular flexibility index (Phi) is 5.03. The maximum absolute atomic E-state index is 13.2. The van der Waals surface area contributed by atoms with Crippen molar-refractivity contribution in [3.8, 4) is 11.5 Å². The van der Waals surface area contributed by atoms with Gasteiger partial charge in [0.25, 0.3) is 0 Å². The highest BCUT2D eigenvalue weighted by molar-refractivity contribution is 9.10. The highest BCUT2D eigenvalue weighted by Crippen LogP contribution is 2.43. The number of rotatable bonds is 5. The number of aromatic nitrogens is 2. The van der Waals surface area contributed by atoms with Crippen LogP contribution in [0.15, 0.2) is 63.6 Å². The smallest absolute Gasteiger partial charge is 0.328 e. The molecule has 0 saturated carbocycles. The van der Waals surface area contributed by atoms with Gasteiger partial charge in [-0.3, -0.25) is 15.2 Å². The number of nitrogens with one attached hydrogen (secondary N) is 2. The number of hydrogen-bond donors (Lipinski definition) is 2. The Morgan fingerprint density at radius 3 is 2.94 bits per heavy atom. The van der Waals surface area contributed by atoms with Gasteiger partial charge in [-0.15, -0.1) is 11.3 Å². The minimum Gasteiger partial charge on any atom is -0.454 e. The van der Waals surface area contributed by atoms with Crippen molar-refractivity contribution < 1.29 is 14.3 Å². The molecule has 4 heterocycles. The van der Waals surface area contributed by atoms with E-state index in [-0.39, 0.29) is 12.8 Å². The van der Waals surface area contributed by atoms with E-state index in [4.69, 9.17) is 14.5 Å². The molecule has 1 saturated heterocycles. The highest BCUT2D eigenvalue weighted by Gasteiger charge is 2.40. The molecule has 1 unspecified atom stereocenters. The molecule has 0 bridgehead atoms. The highest BCUT2D eigenvalue weighted by atomic mass is 79.9. The first kappa shape index (κ1) is 20.3. The third-order valence-electron chi connectivity index (χ3n) is 5.66. The number of carbonyl (C=O) groups excluding carboxylic acids is 1. The zero-order valence-electron chi connectivity index (χ0n) is 17.2. The second kappa shape index (κ2) is 8.20. The molecule has 10 heteroatoms. The van der Waals surface area contributed by atoms with Crippen molar-refractivity contribution in [2.24, 2.45) is 4.99 Å². The number of anilines is 1. The van der Waals surface area contributed by atoms with Crippen molar-refractivity contribution in [1.29, 1.82) is 0 Å². The zero-order valence-corrected chi connectivity index (χ0v) is 19.6. The Balaban J connectivity index is 1.43. The molecule has 33 heavy (non-hydrogen) atoms. The second-order valence-corrected chi connectivity index (χ2v) is 9.52. The van der Waals surface area contributed by atoms with Crippen LogP contribution >= 0.6 is 27.3 Å². The fraction of sp³-hybridized carbons (Fsp3) is 0.174. The summed E-state index contributed by atoms with van der Waals surface area (Å²) in [5, 5.41) is 5.04. The number of fused-ring (bicyclic) bond motifs is 2. The first-order valence-corrected chi connectivity index (χ1v) is 12.0. The van der Waals surface area contributed by atoms with Gasteiger partial charge < -0.3 is 14.5 Å². The van der Waals surface area contributed by atoms with E-state index >= 15 is 0 Å². The summed E-state index contributed by atoms with van der Waals surface area (Å²) in [6.07, 6.45) is 2.45. The van der Waals surface area contributed by atoms with E-state index in [1.54, 1.807) is 22.6 Å². The predicted molar refractivity (Wildman–Crippen MR) is 130 cm³/mol. The van der Waals surface area contributed by atoms with Gasteiger partial charge in [-0.05, 0) is 41.8 Å². The van der Waals surface area contributed by atoms with Crippen LogP contribution < -0.4 is 19.7 Å². The molecule has 6 rings (SSSR count). The molecule has 0 spiro atoms. The van der Waals surface area contributed by atoms with Gasteiger partial charge in [0.2, 0.25) is 6.79 Å². The number of amidine groups is 1. The number of H-pyrrole nitrogens is 1. The van der Waals surface area contributed by atoms with E-state index in [1.165, 1.54) is 4.88 Å². The molecular formula is C23H18BrN5O3S. The molecule has 2 aliphatic heterocycles. The number of carbonyl (C=O) groups is 1. The normalized spacial score (nSPS) is 18.5. The maximum Gasteiger partial charge on any atom is 0.328 e. The number of amides is 2. The SMILES string of the molecule is O=C1N/C(=N/CCc2cccs2)C(c2cc3c(cc2Br)OCO3)N1c1ccc2nc[nH]c2c1. The number of thiophene rings is 1. The summed E-state index contributed by atoms with van der Waals surface area (Å²) in [6, 6.07) is 12.9. The summed E-state index contributed by atoms with van der Waals surface area (Å²) in [6.45, 7) is 0.747. The average molecular weight is 524 g/mol. The number of nitrogens with zero attached hydrogens (tertiary/aromatic N) is 3. The van der Waals surface area contributed by atoms with Crippen LogP contribution in [-0.2, 0) is 6.42 Å². The summed E-state index contributed by atoms with van der Waals surface area (Å²) in [5.41, 5.74) is 3.29. The van der Waals surface area contributed by atoms with Crippen LogP contribution in [0.3, 0.4) is 0 Å². The number of imidazole rings is 1.